The molecule has 0 amide bonds. The van der Waals surface area contributed by atoms with Crippen molar-refractivity contribution in [3.63, 3.8) is 0 Å². The zero-order chi connectivity index (χ0) is 23.4. The van der Waals surface area contributed by atoms with Gasteiger partial charge >= 0.3 is 0 Å². The van der Waals surface area contributed by atoms with Gasteiger partial charge in [-0.25, -0.2) is 15.0 Å². The number of phenols is 1. The third-order valence-corrected chi connectivity index (χ3v) is 5.62. The third-order valence-electron chi connectivity index (χ3n) is 4.79. The molecule has 2 aromatic heterocycles. The van der Waals surface area contributed by atoms with Crippen LogP contribution in [0.4, 0.5) is 5.95 Å². The zero-order valence-corrected chi connectivity index (χ0v) is 19.8. The predicted octanol–water partition coefficient (Wildman–Crippen LogP) is 6.31. The number of aromatic hydroxyl groups is 1. The standard InChI is InChI=1S/C23H20Cl3N5O2/c1-33-9-3-7-27-23-28-8-6-18(29-23)21-20(13-4-2-5-14(24)10-13)30-22(31-21)19-16(25)11-15(32)12-17(19)26/h2,4-6,8,10-12,32H,3,7,9H2,1H3,(H,30,31)(H,27,28,29). The monoisotopic (exact) mass is 503 g/mol. The SMILES string of the molecule is COCCCNc1nccc(-c2[nH]c(-c3c(Cl)cc(O)cc3Cl)nc2-c2cccc(Cl)c2)n1. The Morgan fingerprint density at radius 1 is 1.06 bits per heavy atom. The summed E-state index contributed by atoms with van der Waals surface area (Å²) in [5, 5.41) is 14.1. The molecule has 0 bridgehead atoms. The van der Waals surface area contributed by atoms with Gasteiger partial charge in [-0.15, -0.1) is 0 Å². The summed E-state index contributed by atoms with van der Waals surface area (Å²) in [6.45, 7) is 1.31. The van der Waals surface area contributed by atoms with E-state index in [2.05, 4.69) is 20.3 Å². The van der Waals surface area contributed by atoms with E-state index >= 15 is 0 Å². The molecule has 3 N–H and O–H groups in total. The number of hydrogen-bond donors (Lipinski definition) is 3. The van der Waals surface area contributed by atoms with E-state index in [9.17, 15) is 5.11 Å². The Hall–Kier alpha value is -2.84. The number of aromatic nitrogens is 4. The lowest BCUT2D eigenvalue weighted by Gasteiger charge is -2.07. The van der Waals surface area contributed by atoms with Crippen LogP contribution < -0.4 is 5.32 Å². The van der Waals surface area contributed by atoms with Crippen molar-refractivity contribution in [2.24, 2.45) is 0 Å². The van der Waals surface area contributed by atoms with E-state index in [1.54, 1.807) is 25.4 Å². The summed E-state index contributed by atoms with van der Waals surface area (Å²) in [5.74, 6) is 0.885. The second-order valence-corrected chi connectivity index (χ2v) is 8.39. The Kier molecular flexibility index (Phi) is 7.35. The maximum atomic E-state index is 9.80. The summed E-state index contributed by atoms with van der Waals surface area (Å²) >= 11 is 19.0. The molecule has 7 nitrogen and oxygen atoms in total. The molecule has 0 unspecified atom stereocenters. The van der Waals surface area contributed by atoms with E-state index in [0.717, 1.165) is 12.0 Å². The lowest BCUT2D eigenvalue weighted by atomic mass is 10.1. The molecule has 170 valence electrons. The minimum atomic E-state index is -0.0319. The highest BCUT2D eigenvalue weighted by atomic mass is 35.5. The van der Waals surface area contributed by atoms with Gasteiger partial charge in [0.1, 0.15) is 11.6 Å². The number of ether oxygens (including phenoxy) is 1. The maximum Gasteiger partial charge on any atom is 0.223 e. The van der Waals surface area contributed by atoms with Crippen molar-refractivity contribution in [2.75, 3.05) is 25.6 Å². The van der Waals surface area contributed by atoms with Gasteiger partial charge in [0.05, 0.1) is 32.7 Å². The molecule has 2 aromatic carbocycles. The number of anilines is 1. The van der Waals surface area contributed by atoms with E-state index in [1.165, 1.54) is 12.1 Å². The highest BCUT2D eigenvalue weighted by Crippen LogP contribution is 2.40. The van der Waals surface area contributed by atoms with Crippen molar-refractivity contribution in [2.45, 2.75) is 6.42 Å². The minimum Gasteiger partial charge on any atom is -0.508 e. The molecule has 0 aliphatic rings. The Balaban J connectivity index is 1.81. The van der Waals surface area contributed by atoms with Gasteiger partial charge in [0.25, 0.3) is 0 Å². The Morgan fingerprint density at radius 3 is 2.58 bits per heavy atom. The number of benzene rings is 2. The first-order chi connectivity index (χ1) is 16.0. The molecule has 10 heteroatoms. The average Bonchev–Trinajstić information content (AvgIpc) is 3.21. The number of aromatic amines is 1. The number of nitrogens with zero attached hydrogens (tertiary/aromatic N) is 3. The van der Waals surface area contributed by atoms with Crippen molar-refractivity contribution < 1.29 is 9.84 Å². The number of phenolic OH excluding ortho intramolecular Hbond substituents is 1. The van der Waals surface area contributed by atoms with E-state index in [4.69, 9.17) is 44.5 Å². The van der Waals surface area contributed by atoms with Gasteiger partial charge in [0.15, 0.2) is 0 Å². The molecule has 0 spiro atoms. The predicted molar refractivity (Wildman–Crippen MR) is 132 cm³/mol. The third kappa shape index (κ3) is 5.39. The highest BCUT2D eigenvalue weighted by molar-refractivity contribution is 6.39. The number of methoxy groups -OCH3 is 1. The average molecular weight is 505 g/mol. The number of imidazole rings is 1. The van der Waals surface area contributed by atoms with Crippen LogP contribution in [0, 0.1) is 0 Å². The Morgan fingerprint density at radius 2 is 1.85 bits per heavy atom. The highest BCUT2D eigenvalue weighted by Gasteiger charge is 2.20. The minimum absolute atomic E-state index is 0.0319. The van der Waals surface area contributed by atoms with Crippen molar-refractivity contribution in [3.8, 4) is 39.8 Å². The molecular weight excluding hydrogens is 485 g/mol. The first-order valence-corrected chi connectivity index (χ1v) is 11.2. The van der Waals surface area contributed by atoms with Crippen LogP contribution in [0.25, 0.3) is 34.0 Å². The lowest BCUT2D eigenvalue weighted by Crippen LogP contribution is -2.07. The summed E-state index contributed by atoms with van der Waals surface area (Å²) in [5.41, 5.74) is 3.16. The first kappa shape index (κ1) is 23.3. The molecule has 0 radical (unpaired) electrons. The lowest BCUT2D eigenvalue weighted by molar-refractivity contribution is 0.197. The number of hydrogen-bond acceptors (Lipinski definition) is 6. The molecule has 0 atom stereocenters. The van der Waals surface area contributed by atoms with Crippen LogP contribution in [-0.2, 0) is 4.74 Å². The Bertz CT molecular complexity index is 1260. The number of nitrogens with one attached hydrogen (secondary N) is 2. The van der Waals surface area contributed by atoms with Crippen LogP contribution in [-0.4, -0.2) is 45.3 Å². The van der Waals surface area contributed by atoms with E-state index in [0.29, 0.717) is 52.6 Å². The normalized spacial score (nSPS) is 11.0. The fourth-order valence-electron chi connectivity index (χ4n) is 3.31. The van der Waals surface area contributed by atoms with Crippen molar-refractivity contribution in [1.82, 2.24) is 19.9 Å². The van der Waals surface area contributed by atoms with Gasteiger partial charge in [0, 0.05) is 37.0 Å². The molecule has 0 aliphatic carbocycles. The molecule has 0 saturated carbocycles. The molecule has 2 heterocycles. The van der Waals surface area contributed by atoms with Gasteiger partial charge in [-0.1, -0.05) is 46.9 Å². The van der Waals surface area contributed by atoms with Crippen LogP contribution in [0.5, 0.6) is 5.75 Å². The number of halogens is 3. The van der Waals surface area contributed by atoms with Crippen LogP contribution in [0.15, 0.2) is 48.7 Å². The molecule has 4 aromatic rings. The van der Waals surface area contributed by atoms with Crippen molar-refractivity contribution in [3.05, 3.63) is 63.7 Å². The molecule has 0 fully saturated rings. The number of rotatable bonds is 8. The molecular formula is C23H20Cl3N5O2. The molecule has 4 rings (SSSR count). The van der Waals surface area contributed by atoms with Crippen molar-refractivity contribution in [1.29, 1.82) is 0 Å². The Labute approximate surface area is 205 Å². The quantitative estimate of drug-likeness (QED) is 0.243. The first-order valence-electron chi connectivity index (χ1n) is 10.1. The van der Waals surface area contributed by atoms with Gasteiger partial charge in [-0.05, 0) is 36.8 Å². The van der Waals surface area contributed by atoms with Crippen LogP contribution >= 0.6 is 34.8 Å². The summed E-state index contributed by atoms with van der Waals surface area (Å²) in [6.07, 6.45) is 2.49. The van der Waals surface area contributed by atoms with Gasteiger partial charge < -0.3 is 20.1 Å². The van der Waals surface area contributed by atoms with E-state index in [-0.39, 0.29) is 15.8 Å². The molecule has 33 heavy (non-hydrogen) atoms. The van der Waals surface area contributed by atoms with Crippen LogP contribution in [0.1, 0.15) is 6.42 Å². The largest absolute Gasteiger partial charge is 0.508 e. The molecule has 0 saturated heterocycles. The number of H-pyrrole nitrogens is 1. The zero-order valence-electron chi connectivity index (χ0n) is 17.6. The van der Waals surface area contributed by atoms with Crippen LogP contribution in [0.2, 0.25) is 15.1 Å². The van der Waals surface area contributed by atoms with E-state index in [1.807, 2.05) is 18.2 Å². The maximum absolute atomic E-state index is 9.80. The topological polar surface area (TPSA) is 96.0 Å². The second kappa shape index (κ2) is 10.4. The van der Waals surface area contributed by atoms with Crippen LogP contribution in [0.3, 0.4) is 0 Å². The second-order valence-electron chi connectivity index (χ2n) is 7.14. The fraction of sp³-hybridized carbons (Fsp3) is 0.174. The van der Waals surface area contributed by atoms with Gasteiger partial charge in [-0.2, -0.15) is 0 Å². The van der Waals surface area contributed by atoms with Gasteiger partial charge in [0.2, 0.25) is 5.95 Å². The van der Waals surface area contributed by atoms with Crippen molar-refractivity contribution >= 4 is 40.8 Å². The van der Waals surface area contributed by atoms with E-state index < -0.39 is 0 Å². The summed E-state index contributed by atoms with van der Waals surface area (Å²) in [4.78, 5) is 17.0. The smallest absolute Gasteiger partial charge is 0.223 e. The van der Waals surface area contributed by atoms with Gasteiger partial charge in [-0.3, -0.25) is 0 Å². The summed E-state index contributed by atoms with van der Waals surface area (Å²) in [7, 11) is 1.66. The fourth-order valence-corrected chi connectivity index (χ4v) is 4.15. The summed E-state index contributed by atoms with van der Waals surface area (Å²) < 4.78 is 5.08. The summed E-state index contributed by atoms with van der Waals surface area (Å²) in [6, 6.07) is 12.0. The molecule has 0 aliphatic heterocycles.